The van der Waals surface area contributed by atoms with Gasteiger partial charge in [0.1, 0.15) is 0 Å². The first kappa shape index (κ1) is 11.0. The van der Waals surface area contributed by atoms with Crippen molar-refractivity contribution in [2.24, 2.45) is 5.10 Å². The molecule has 1 aliphatic rings. The molecule has 1 aromatic carbocycles. The van der Waals surface area contributed by atoms with E-state index in [0.29, 0.717) is 0 Å². The van der Waals surface area contributed by atoms with Crippen molar-refractivity contribution in [2.45, 2.75) is 26.2 Å². The lowest BCUT2D eigenvalue weighted by molar-refractivity contribution is 0.239. The van der Waals surface area contributed by atoms with E-state index < -0.39 is 0 Å². The van der Waals surface area contributed by atoms with Gasteiger partial charge >= 0.3 is 0 Å². The zero-order chi connectivity index (χ0) is 11.4. The monoisotopic (exact) mass is 217 g/mol. The third-order valence-electron chi connectivity index (χ3n) is 2.93. The molecule has 0 spiro atoms. The molecule has 2 N–H and O–H groups in total. The molecule has 3 nitrogen and oxygen atoms in total. The van der Waals surface area contributed by atoms with Gasteiger partial charge in [0.2, 0.25) is 0 Å². The van der Waals surface area contributed by atoms with Crippen molar-refractivity contribution in [3.63, 3.8) is 0 Å². The van der Waals surface area contributed by atoms with Crippen LogP contribution in [-0.4, -0.2) is 23.8 Å². The van der Waals surface area contributed by atoms with Crippen molar-refractivity contribution in [3.8, 4) is 0 Å². The number of hydrogen-bond donors (Lipinski definition) is 1. The highest BCUT2D eigenvalue weighted by atomic mass is 15.4. The molecule has 0 unspecified atom stereocenters. The molecule has 0 amide bonds. The van der Waals surface area contributed by atoms with Crippen LogP contribution in [0.15, 0.2) is 29.4 Å². The number of piperidine rings is 1. The summed E-state index contributed by atoms with van der Waals surface area (Å²) in [5.74, 6) is 0. The molecule has 0 saturated carbocycles. The standard InChI is InChI=1S/C13H19N3/c1-11(12-6-5-7-13(14)10-12)15-16-8-3-2-4-9-16/h5-7,10H,2-4,8-9,14H2,1H3/b15-11+. The highest BCUT2D eigenvalue weighted by molar-refractivity contribution is 5.99. The van der Waals surface area contributed by atoms with E-state index >= 15 is 0 Å². The second-order valence-corrected chi connectivity index (χ2v) is 4.33. The molecule has 1 aliphatic heterocycles. The molecule has 1 heterocycles. The predicted octanol–water partition coefficient (Wildman–Crippen LogP) is 2.48. The molecular formula is C13H19N3. The zero-order valence-electron chi connectivity index (χ0n) is 9.82. The maximum atomic E-state index is 5.76. The molecule has 0 atom stereocenters. The Kier molecular flexibility index (Phi) is 3.44. The topological polar surface area (TPSA) is 41.6 Å². The summed E-state index contributed by atoms with van der Waals surface area (Å²) in [6.45, 7) is 4.21. The minimum Gasteiger partial charge on any atom is -0.399 e. The average Bonchev–Trinajstić information content (AvgIpc) is 2.30. The fraction of sp³-hybridized carbons (Fsp3) is 0.462. The second kappa shape index (κ2) is 5.01. The van der Waals surface area contributed by atoms with E-state index in [9.17, 15) is 0 Å². The summed E-state index contributed by atoms with van der Waals surface area (Å²) >= 11 is 0. The smallest absolute Gasteiger partial charge is 0.0647 e. The van der Waals surface area contributed by atoms with Gasteiger partial charge in [-0.1, -0.05) is 12.1 Å². The lowest BCUT2D eigenvalue weighted by Gasteiger charge is -2.24. The Labute approximate surface area is 96.9 Å². The number of benzene rings is 1. The van der Waals surface area contributed by atoms with Crippen molar-refractivity contribution in [1.82, 2.24) is 5.01 Å². The Morgan fingerprint density at radius 2 is 2.00 bits per heavy atom. The summed E-state index contributed by atoms with van der Waals surface area (Å²) in [5.41, 5.74) is 8.72. The van der Waals surface area contributed by atoms with E-state index in [2.05, 4.69) is 16.2 Å². The third kappa shape index (κ3) is 2.75. The Bertz CT molecular complexity index is 379. The van der Waals surface area contributed by atoms with Crippen LogP contribution in [0.1, 0.15) is 31.7 Å². The van der Waals surface area contributed by atoms with Crippen LogP contribution in [0.25, 0.3) is 0 Å². The summed E-state index contributed by atoms with van der Waals surface area (Å²) in [4.78, 5) is 0. The predicted molar refractivity (Wildman–Crippen MR) is 68.5 cm³/mol. The van der Waals surface area contributed by atoms with E-state index in [-0.39, 0.29) is 0 Å². The van der Waals surface area contributed by atoms with Gasteiger partial charge in [-0.05, 0) is 43.9 Å². The van der Waals surface area contributed by atoms with Gasteiger partial charge in [0.05, 0.1) is 5.71 Å². The molecule has 3 heteroatoms. The highest BCUT2D eigenvalue weighted by Crippen LogP contribution is 2.12. The van der Waals surface area contributed by atoms with Crippen LogP contribution in [0.4, 0.5) is 5.69 Å². The Morgan fingerprint density at radius 1 is 1.25 bits per heavy atom. The molecular weight excluding hydrogens is 198 g/mol. The number of hydrazone groups is 1. The average molecular weight is 217 g/mol. The van der Waals surface area contributed by atoms with Crippen molar-refractivity contribution in [2.75, 3.05) is 18.8 Å². The van der Waals surface area contributed by atoms with Crippen LogP contribution in [0.5, 0.6) is 0 Å². The summed E-state index contributed by atoms with van der Waals surface area (Å²) in [6.07, 6.45) is 3.85. The van der Waals surface area contributed by atoms with Crippen molar-refractivity contribution in [3.05, 3.63) is 29.8 Å². The lowest BCUT2D eigenvalue weighted by atomic mass is 10.1. The molecule has 0 aliphatic carbocycles. The number of nitrogens with zero attached hydrogens (tertiary/aromatic N) is 2. The fourth-order valence-electron chi connectivity index (χ4n) is 2.01. The van der Waals surface area contributed by atoms with Crippen LogP contribution >= 0.6 is 0 Å². The SMILES string of the molecule is C/C(=N\N1CCCCC1)c1cccc(N)c1. The highest BCUT2D eigenvalue weighted by Gasteiger charge is 2.08. The van der Waals surface area contributed by atoms with Crippen LogP contribution < -0.4 is 5.73 Å². The number of nitrogens with two attached hydrogens (primary N) is 1. The van der Waals surface area contributed by atoms with E-state index in [1.807, 2.05) is 25.1 Å². The van der Waals surface area contributed by atoms with Gasteiger partial charge < -0.3 is 5.73 Å². The van der Waals surface area contributed by atoms with Crippen molar-refractivity contribution in [1.29, 1.82) is 0 Å². The summed E-state index contributed by atoms with van der Waals surface area (Å²) < 4.78 is 0. The number of nitrogen functional groups attached to an aromatic ring is 1. The van der Waals surface area contributed by atoms with Gasteiger partial charge in [0, 0.05) is 18.8 Å². The van der Waals surface area contributed by atoms with E-state index in [4.69, 9.17) is 5.73 Å². The van der Waals surface area contributed by atoms with Crippen molar-refractivity contribution >= 4 is 11.4 Å². The maximum Gasteiger partial charge on any atom is 0.0647 e. The molecule has 1 aromatic rings. The lowest BCUT2D eigenvalue weighted by Crippen LogP contribution is -2.25. The van der Waals surface area contributed by atoms with E-state index in [1.165, 1.54) is 19.3 Å². The molecule has 0 aromatic heterocycles. The first-order valence-electron chi connectivity index (χ1n) is 5.92. The van der Waals surface area contributed by atoms with E-state index in [1.54, 1.807) is 0 Å². The number of anilines is 1. The first-order valence-corrected chi connectivity index (χ1v) is 5.92. The molecule has 1 saturated heterocycles. The van der Waals surface area contributed by atoms with Gasteiger partial charge in [-0.3, -0.25) is 5.01 Å². The van der Waals surface area contributed by atoms with Gasteiger partial charge in [0.25, 0.3) is 0 Å². The molecule has 86 valence electrons. The minimum absolute atomic E-state index is 0.797. The van der Waals surface area contributed by atoms with Crippen LogP contribution in [-0.2, 0) is 0 Å². The first-order chi connectivity index (χ1) is 7.75. The van der Waals surface area contributed by atoms with Gasteiger partial charge in [-0.25, -0.2) is 0 Å². The number of rotatable bonds is 2. The summed E-state index contributed by atoms with van der Waals surface area (Å²) in [7, 11) is 0. The van der Waals surface area contributed by atoms with Gasteiger partial charge in [-0.2, -0.15) is 5.10 Å². The third-order valence-corrected chi connectivity index (χ3v) is 2.93. The zero-order valence-corrected chi connectivity index (χ0v) is 9.82. The van der Waals surface area contributed by atoms with Crippen LogP contribution in [0.3, 0.4) is 0 Å². The molecule has 0 radical (unpaired) electrons. The largest absolute Gasteiger partial charge is 0.399 e. The fourth-order valence-corrected chi connectivity index (χ4v) is 2.01. The molecule has 16 heavy (non-hydrogen) atoms. The maximum absolute atomic E-state index is 5.76. The Morgan fingerprint density at radius 3 is 2.69 bits per heavy atom. The van der Waals surface area contributed by atoms with Crippen molar-refractivity contribution < 1.29 is 0 Å². The quantitative estimate of drug-likeness (QED) is 0.611. The molecule has 1 fully saturated rings. The molecule has 0 bridgehead atoms. The Balaban J connectivity index is 2.10. The summed E-state index contributed by atoms with van der Waals surface area (Å²) in [5, 5.41) is 6.81. The van der Waals surface area contributed by atoms with Crippen LogP contribution in [0.2, 0.25) is 0 Å². The van der Waals surface area contributed by atoms with Gasteiger partial charge in [-0.15, -0.1) is 0 Å². The normalized spacial score (nSPS) is 17.6. The number of hydrogen-bond acceptors (Lipinski definition) is 3. The minimum atomic E-state index is 0.797. The Hall–Kier alpha value is -1.51. The summed E-state index contributed by atoms with van der Waals surface area (Å²) in [6, 6.07) is 7.90. The second-order valence-electron chi connectivity index (χ2n) is 4.33. The van der Waals surface area contributed by atoms with Gasteiger partial charge in [0.15, 0.2) is 0 Å². The molecule has 2 rings (SSSR count). The van der Waals surface area contributed by atoms with Crippen LogP contribution in [0, 0.1) is 0 Å². The van der Waals surface area contributed by atoms with E-state index in [0.717, 1.165) is 30.1 Å².